The zero-order chi connectivity index (χ0) is 16.1. The molecule has 2 rings (SSSR count). The predicted molar refractivity (Wildman–Crippen MR) is 92.2 cm³/mol. The Morgan fingerprint density at radius 2 is 2.00 bits per heavy atom. The molecular formula is C15H9Cl2IO4. The molecule has 0 aliphatic carbocycles. The summed E-state index contributed by atoms with van der Waals surface area (Å²) in [5, 5.41) is 0.642. The summed E-state index contributed by atoms with van der Waals surface area (Å²) < 4.78 is 10.8. The summed E-state index contributed by atoms with van der Waals surface area (Å²) in [5.74, 6) is -0.533. The first-order valence-electron chi connectivity index (χ1n) is 6.04. The van der Waals surface area contributed by atoms with Crippen molar-refractivity contribution in [3.05, 3.63) is 61.5 Å². The van der Waals surface area contributed by atoms with Crippen molar-refractivity contribution in [3.8, 4) is 0 Å². The van der Waals surface area contributed by atoms with E-state index in [4.69, 9.17) is 32.4 Å². The molecule has 1 heterocycles. The Kier molecular flexibility index (Phi) is 6.05. The molecule has 0 saturated heterocycles. The second-order valence-corrected chi connectivity index (χ2v) is 6.04. The molecule has 0 fully saturated rings. The summed E-state index contributed by atoms with van der Waals surface area (Å²) >= 11 is 13.7. The number of furan rings is 1. The summed E-state index contributed by atoms with van der Waals surface area (Å²) in [6.45, 7) is -0.403. The van der Waals surface area contributed by atoms with E-state index in [1.54, 1.807) is 18.2 Å². The van der Waals surface area contributed by atoms with E-state index < -0.39 is 18.4 Å². The quantitative estimate of drug-likeness (QED) is 0.288. The van der Waals surface area contributed by atoms with Crippen LogP contribution in [0.15, 0.2) is 40.8 Å². The third-order valence-corrected chi connectivity index (χ3v) is 3.68. The number of hydrogen-bond acceptors (Lipinski definition) is 4. The maximum atomic E-state index is 11.9. The topological polar surface area (TPSA) is 56.5 Å². The van der Waals surface area contributed by atoms with Crippen LogP contribution in [0.3, 0.4) is 0 Å². The average molecular weight is 451 g/mol. The molecule has 0 bridgehead atoms. The fraction of sp³-hybridized carbons (Fsp3) is 0.0667. The Labute approximate surface area is 150 Å². The average Bonchev–Trinajstić information content (AvgIpc) is 2.88. The zero-order valence-corrected chi connectivity index (χ0v) is 14.7. The highest BCUT2D eigenvalue weighted by Gasteiger charge is 2.12. The number of ether oxygens (including phenoxy) is 1. The number of halogens is 3. The third-order valence-electron chi connectivity index (χ3n) is 2.55. The lowest BCUT2D eigenvalue weighted by Gasteiger charge is -2.04. The van der Waals surface area contributed by atoms with Gasteiger partial charge in [-0.1, -0.05) is 23.2 Å². The van der Waals surface area contributed by atoms with E-state index >= 15 is 0 Å². The second kappa shape index (κ2) is 7.80. The Morgan fingerprint density at radius 3 is 2.64 bits per heavy atom. The van der Waals surface area contributed by atoms with Crippen molar-refractivity contribution in [1.82, 2.24) is 0 Å². The van der Waals surface area contributed by atoms with E-state index in [1.807, 2.05) is 22.6 Å². The van der Waals surface area contributed by atoms with Gasteiger partial charge in [0.15, 0.2) is 10.4 Å². The maximum absolute atomic E-state index is 11.9. The van der Waals surface area contributed by atoms with E-state index in [1.165, 1.54) is 24.3 Å². The molecule has 1 aromatic carbocycles. The van der Waals surface area contributed by atoms with Crippen molar-refractivity contribution in [3.63, 3.8) is 0 Å². The summed E-state index contributed by atoms with van der Waals surface area (Å²) in [7, 11) is 0. The van der Waals surface area contributed by atoms with E-state index in [9.17, 15) is 9.59 Å². The molecule has 114 valence electrons. The predicted octanol–water partition coefficient (Wildman–Crippen LogP) is 4.63. The Hall–Kier alpha value is -1.31. The van der Waals surface area contributed by atoms with Crippen LogP contribution in [0.1, 0.15) is 16.1 Å². The minimum absolute atomic E-state index is 0.217. The Balaban J connectivity index is 1.90. The van der Waals surface area contributed by atoms with E-state index in [2.05, 4.69) is 0 Å². The van der Waals surface area contributed by atoms with Crippen molar-refractivity contribution in [2.24, 2.45) is 0 Å². The fourth-order valence-electron chi connectivity index (χ4n) is 1.55. The summed E-state index contributed by atoms with van der Waals surface area (Å²) in [6.07, 6.45) is 2.65. The summed E-state index contributed by atoms with van der Waals surface area (Å²) in [5.41, 5.74) is 0.253. The monoisotopic (exact) mass is 450 g/mol. The largest absolute Gasteiger partial charge is 0.454 e. The van der Waals surface area contributed by atoms with Gasteiger partial charge in [0.25, 0.3) is 0 Å². The van der Waals surface area contributed by atoms with Gasteiger partial charge in [-0.3, -0.25) is 4.79 Å². The molecule has 1 aromatic heterocycles. The van der Waals surface area contributed by atoms with E-state index in [-0.39, 0.29) is 10.6 Å². The van der Waals surface area contributed by atoms with Crippen LogP contribution in [0.25, 0.3) is 6.08 Å². The van der Waals surface area contributed by atoms with Crippen molar-refractivity contribution in [2.45, 2.75) is 0 Å². The SMILES string of the molecule is O=C(/C=C/c1ccc(I)o1)OCC(=O)c1ccc(Cl)cc1Cl. The highest BCUT2D eigenvalue weighted by Crippen LogP contribution is 2.21. The van der Waals surface area contributed by atoms with Gasteiger partial charge >= 0.3 is 5.97 Å². The number of benzene rings is 1. The van der Waals surface area contributed by atoms with Gasteiger partial charge in [-0.2, -0.15) is 0 Å². The van der Waals surface area contributed by atoms with Crippen LogP contribution >= 0.6 is 45.8 Å². The van der Waals surface area contributed by atoms with Gasteiger partial charge in [0.2, 0.25) is 5.78 Å². The molecular weight excluding hydrogens is 442 g/mol. The normalized spacial score (nSPS) is 10.9. The smallest absolute Gasteiger partial charge is 0.331 e. The highest BCUT2D eigenvalue weighted by molar-refractivity contribution is 14.1. The van der Waals surface area contributed by atoms with Crippen LogP contribution in [0, 0.1) is 3.77 Å². The molecule has 7 heteroatoms. The minimum atomic E-state index is -0.648. The van der Waals surface area contributed by atoms with E-state index in [0.29, 0.717) is 14.5 Å². The molecule has 0 spiro atoms. The van der Waals surface area contributed by atoms with Gasteiger partial charge in [-0.25, -0.2) is 4.79 Å². The van der Waals surface area contributed by atoms with Crippen LogP contribution in [0.5, 0.6) is 0 Å². The molecule has 0 radical (unpaired) electrons. The molecule has 0 unspecified atom stereocenters. The van der Waals surface area contributed by atoms with Gasteiger partial charge < -0.3 is 9.15 Å². The van der Waals surface area contributed by atoms with Crippen LogP contribution < -0.4 is 0 Å². The van der Waals surface area contributed by atoms with E-state index in [0.717, 1.165) is 0 Å². The fourth-order valence-corrected chi connectivity index (χ4v) is 2.49. The molecule has 22 heavy (non-hydrogen) atoms. The molecule has 0 aliphatic heterocycles. The lowest BCUT2D eigenvalue weighted by molar-refractivity contribution is -0.136. The summed E-state index contributed by atoms with van der Waals surface area (Å²) in [6, 6.07) is 7.96. The number of carbonyl (C=O) groups excluding carboxylic acids is 2. The van der Waals surface area contributed by atoms with Crippen molar-refractivity contribution in [2.75, 3.05) is 6.61 Å². The minimum Gasteiger partial charge on any atom is -0.454 e. The van der Waals surface area contributed by atoms with Gasteiger partial charge in [0.05, 0.1) is 5.02 Å². The Morgan fingerprint density at radius 1 is 1.23 bits per heavy atom. The van der Waals surface area contributed by atoms with Gasteiger partial charge in [-0.05, 0) is 59.0 Å². The molecule has 0 amide bonds. The lowest BCUT2D eigenvalue weighted by Crippen LogP contribution is -2.12. The van der Waals surface area contributed by atoms with Crippen LogP contribution in [0.4, 0.5) is 0 Å². The number of esters is 1. The maximum Gasteiger partial charge on any atom is 0.331 e. The molecule has 0 saturated carbocycles. The number of carbonyl (C=O) groups is 2. The number of hydrogen-bond donors (Lipinski definition) is 0. The van der Waals surface area contributed by atoms with Crippen LogP contribution in [0.2, 0.25) is 10.0 Å². The first-order valence-corrected chi connectivity index (χ1v) is 7.87. The third kappa shape index (κ3) is 4.86. The molecule has 0 aliphatic rings. The van der Waals surface area contributed by atoms with Crippen LogP contribution in [-0.2, 0) is 9.53 Å². The second-order valence-electron chi connectivity index (χ2n) is 4.13. The Bertz CT molecular complexity index is 737. The van der Waals surface area contributed by atoms with Crippen molar-refractivity contribution < 1.29 is 18.7 Å². The number of ketones is 1. The first-order chi connectivity index (χ1) is 10.5. The zero-order valence-electron chi connectivity index (χ0n) is 11.0. The first kappa shape index (κ1) is 17.1. The molecule has 0 N–H and O–H groups in total. The van der Waals surface area contributed by atoms with Gasteiger partial charge in [-0.15, -0.1) is 0 Å². The molecule has 2 aromatic rings. The van der Waals surface area contributed by atoms with Crippen molar-refractivity contribution in [1.29, 1.82) is 0 Å². The summed E-state index contributed by atoms with van der Waals surface area (Å²) in [4.78, 5) is 23.4. The highest BCUT2D eigenvalue weighted by atomic mass is 127. The lowest BCUT2D eigenvalue weighted by atomic mass is 10.1. The number of rotatable bonds is 5. The molecule has 0 atom stereocenters. The number of Topliss-reactive ketones (excluding diaryl/α,β-unsaturated/α-hetero) is 1. The van der Waals surface area contributed by atoms with Gasteiger partial charge in [0, 0.05) is 16.7 Å². The van der Waals surface area contributed by atoms with Gasteiger partial charge in [0.1, 0.15) is 5.76 Å². The molecule has 4 nitrogen and oxygen atoms in total. The van der Waals surface area contributed by atoms with Crippen molar-refractivity contribution >= 4 is 63.6 Å². The standard InChI is InChI=1S/C15H9Cl2IO4/c16-9-1-4-11(12(17)7-9)13(19)8-21-15(20)6-3-10-2-5-14(18)22-10/h1-7H,8H2/b6-3+. The van der Waals surface area contributed by atoms with Crippen LogP contribution in [-0.4, -0.2) is 18.4 Å².